The third-order valence-electron chi connectivity index (χ3n) is 8.74. The van der Waals surface area contributed by atoms with E-state index >= 15 is 0 Å². The molecule has 2 N–H and O–H groups in total. The number of aromatic nitrogens is 2. The van der Waals surface area contributed by atoms with Crippen molar-refractivity contribution in [2.75, 3.05) is 17.7 Å². The highest BCUT2D eigenvalue weighted by atomic mass is 16.5. The van der Waals surface area contributed by atoms with Crippen LogP contribution in [0.4, 0.5) is 17.3 Å². The molecule has 1 aliphatic heterocycles. The first-order chi connectivity index (χ1) is 19.4. The highest BCUT2D eigenvalue weighted by Crippen LogP contribution is 2.51. The van der Waals surface area contributed by atoms with Crippen LogP contribution in [0.5, 0.6) is 5.75 Å². The van der Waals surface area contributed by atoms with Crippen LogP contribution in [-0.4, -0.2) is 33.8 Å². The van der Waals surface area contributed by atoms with E-state index < -0.39 is 0 Å². The molecule has 3 aromatic rings. The van der Waals surface area contributed by atoms with E-state index in [9.17, 15) is 9.59 Å². The van der Waals surface area contributed by atoms with Crippen molar-refractivity contribution in [2.24, 2.45) is 5.92 Å². The summed E-state index contributed by atoms with van der Waals surface area (Å²) in [4.78, 5) is 37.5. The molecule has 40 heavy (non-hydrogen) atoms. The fraction of sp³-hybridized carbons (Fsp3) is 0.438. The summed E-state index contributed by atoms with van der Waals surface area (Å²) in [6.45, 7) is 4.63. The molecule has 1 aromatic heterocycles. The van der Waals surface area contributed by atoms with Gasteiger partial charge in [0, 0.05) is 29.3 Å². The molecule has 2 aliphatic carbocycles. The topological polar surface area (TPSA) is 96.4 Å². The molecule has 2 saturated carbocycles. The summed E-state index contributed by atoms with van der Waals surface area (Å²) in [5, 5.41) is 6.52. The van der Waals surface area contributed by atoms with Gasteiger partial charge in [-0.25, -0.2) is 9.97 Å². The Hall–Kier alpha value is -3.94. The van der Waals surface area contributed by atoms with Gasteiger partial charge in [0.2, 0.25) is 5.91 Å². The van der Waals surface area contributed by atoms with Gasteiger partial charge in [-0.1, -0.05) is 38.3 Å². The Labute approximate surface area is 235 Å². The second kappa shape index (κ2) is 10.6. The lowest BCUT2D eigenvalue weighted by atomic mass is 9.76. The molecule has 8 heteroatoms. The van der Waals surface area contributed by atoms with Crippen molar-refractivity contribution in [3.05, 3.63) is 70.5 Å². The quantitative estimate of drug-likeness (QED) is 0.351. The van der Waals surface area contributed by atoms with Gasteiger partial charge in [-0.15, -0.1) is 0 Å². The third-order valence-corrected chi connectivity index (χ3v) is 8.74. The SMILES string of the molecule is CCc1c(NC(=O)C2CC2)ncnc1Nc1cc(C)c2c(c1)C1(CCCCC1)N(Cc1ccc(OC)cc1)C2=O. The van der Waals surface area contributed by atoms with Crippen LogP contribution < -0.4 is 15.4 Å². The number of carbonyl (C=O) groups is 2. The van der Waals surface area contributed by atoms with Crippen LogP contribution in [0.2, 0.25) is 0 Å². The van der Waals surface area contributed by atoms with E-state index in [1.807, 2.05) is 44.2 Å². The maximum atomic E-state index is 14.0. The van der Waals surface area contributed by atoms with Crippen LogP contribution in [0.3, 0.4) is 0 Å². The van der Waals surface area contributed by atoms with Gasteiger partial charge >= 0.3 is 0 Å². The van der Waals surface area contributed by atoms with Gasteiger partial charge < -0.3 is 20.3 Å². The largest absolute Gasteiger partial charge is 0.497 e. The molecule has 6 rings (SSSR count). The van der Waals surface area contributed by atoms with Crippen LogP contribution in [0.25, 0.3) is 0 Å². The lowest BCUT2D eigenvalue weighted by molar-refractivity contribution is -0.117. The minimum Gasteiger partial charge on any atom is -0.497 e. The van der Waals surface area contributed by atoms with Crippen LogP contribution >= 0.6 is 0 Å². The molecule has 2 heterocycles. The fourth-order valence-corrected chi connectivity index (χ4v) is 6.46. The van der Waals surface area contributed by atoms with Gasteiger partial charge in [-0.2, -0.15) is 0 Å². The van der Waals surface area contributed by atoms with Gasteiger partial charge in [-0.05, 0) is 80.0 Å². The Morgan fingerprint density at radius 1 is 1.07 bits per heavy atom. The molecule has 0 saturated heterocycles. The van der Waals surface area contributed by atoms with Crippen molar-refractivity contribution in [1.82, 2.24) is 14.9 Å². The predicted molar refractivity (Wildman–Crippen MR) is 155 cm³/mol. The number of anilines is 3. The van der Waals surface area contributed by atoms with Crippen molar-refractivity contribution in [1.29, 1.82) is 0 Å². The average Bonchev–Trinajstić information content (AvgIpc) is 3.79. The highest BCUT2D eigenvalue weighted by molar-refractivity contribution is 6.02. The molecule has 0 bridgehead atoms. The number of nitrogens with one attached hydrogen (secondary N) is 2. The Morgan fingerprint density at radius 2 is 1.80 bits per heavy atom. The van der Waals surface area contributed by atoms with E-state index in [0.717, 1.165) is 77.8 Å². The summed E-state index contributed by atoms with van der Waals surface area (Å²) in [6, 6.07) is 12.2. The van der Waals surface area contributed by atoms with Crippen molar-refractivity contribution >= 4 is 29.1 Å². The van der Waals surface area contributed by atoms with Crippen molar-refractivity contribution in [3.8, 4) is 5.75 Å². The number of carbonyl (C=O) groups excluding carboxylic acids is 2. The third kappa shape index (κ3) is 4.69. The first kappa shape index (κ1) is 26.3. The van der Waals surface area contributed by atoms with E-state index in [-0.39, 0.29) is 23.3 Å². The standard InChI is InChI=1S/C32H37N5O3/c1-4-25-28(33-19-34-29(25)36-30(38)22-10-11-22)35-23-16-20(2)27-26(17-23)32(14-6-5-7-15-32)37(31(27)39)18-21-8-12-24(40-3)13-9-21/h8-9,12-13,16-17,19,22H,4-7,10-11,14-15,18H2,1-3H3,(H2,33,34,35,36,38). The van der Waals surface area contributed by atoms with Crippen molar-refractivity contribution in [3.63, 3.8) is 0 Å². The molecule has 3 aliphatic rings. The number of hydrogen-bond donors (Lipinski definition) is 2. The smallest absolute Gasteiger partial charge is 0.255 e. The number of ether oxygens (including phenoxy) is 1. The van der Waals surface area contributed by atoms with Gasteiger partial charge in [-0.3, -0.25) is 9.59 Å². The van der Waals surface area contributed by atoms with Crippen molar-refractivity contribution in [2.45, 2.75) is 77.3 Å². The molecule has 8 nitrogen and oxygen atoms in total. The molecular weight excluding hydrogens is 502 g/mol. The zero-order chi connectivity index (χ0) is 27.9. The molecule has 0 unspecified atom stereocenters. The summed E-state index contributed by atoms with van der Waals surface area (Å²) in [5.41, 5.74) is 5.45. The maximum Gasteiger partial charge on any atom is 0.255 e. The maximum absolute atomic E-state index is 14.0. The zero-order valence-electron chi connectivity index (χ0n) is 23.5. The minimum atomic E-state index is -0.324. The second-order valence-corrected chi connectivity index (χ2v) is 11.3. The molecule has 2 aromatic carbocycles. The summed E-state index contributed by atoms with van der Waals surface area (Å²) >= 11 is 0. The number of aryl methyl sites for hydroxylation is 1. The predicted octanol–water partition coefficient (Wildman–Crippen LogP) is 6.26. The Balaban J connectivity index is 1.34. The Kier molecular flexibility index (Phi) is 6.94. The van der Waals surface area contributed by atoms with Gasteiger partial charge in [0.25, 0.3) is 5.91 Å². The van der Waals surface area contributed by atoms with Crippen LogP contribution in [0.1, 0.15) is 84.5 Å². The van der Waals surface area contributed by atoms with E-state index in [0.29, 0.717) is 24.6 Å². The molecule has 208 valence electrons. The number of rotatable bonds is 8. The van der Waals surface area contributed by atoms with E-state index in [4.69, 9.17) is 4.74 Å². The normalized spacial score (nSPS) is 17.6. The monoisotopic (exact) mass is 539 g/mol. The summed E-state index contributed by atoms with van der Waals surface area (Å²) in [7, 11) is 1.66. The summed E-state index contributed by atoms with van der Waals surface area (Å²) in [5.74, 6) is 2.30. The molecular formula is C32H37N5O3. The number of methoxy groups -OCH3 is 1. The number of amides is 2. The Morgan fingerprint density at radius 3 is 2.48 bits per heavy atom. The zero-order valence-corrected chi connectivity index (χ0v) is 23.5. The number of nitrogens with zero attached hydrogens (tertiary/aromatic N) is 3. The van der Waals surface area contributed by atoms with E-state index in [1.165, 1.54) is 12.7 Å². The lowest BCUT2D eigenvalue weighted by Crippen LogP contribution is -2.44. The average molecular weight is 540 g/mol. The fourth-order valence-electron chi connectivity index (χ4n) is 6.46. The molecule has 0 radical (unpaired) electrons. The first-order valence-corrected chi connectivity index (χ1v) is 14.5. The highest BCUT2D eigenvalue weighted by Gasteiger charge is 2.50. The molecule has 1 spiro atoms. The summed E-state index contributed by atoms with van der Waals surface area (Å²) in [6.07, 6.45) is 9.33. The van der Waals surface area contributed by atoms with Crippen LogP contribution in [0.15, 0.2) is 42.7 Å². The molecule has 0 atom stereocenters. The number of benzene rings is 2. The van der Waals surface area contributed by atoms with Gasteiger partial charge in [0.15, 0.2) is 0 Å². The Bertz CT molecular complexity index is 1440. The minimum absolute atomic E-state index is 0.0300. The lowest BCUT2D eigenvalue weighted by Gasteiger charge is -2.42. The first-order valence-electron chi connectivity index (χ1n) is 14.5. The van der Waals surface area contributed by atoms with E-state index in [2.05, 4.69) is 31.6 Å². The van der Waals surface area contributed by atoms with Crippen molar-refractivity contribution < 1.29 is 14.3 Å². The number of hydrogen-bond acceptors (Lipinski definition) is 6. The van der Waals surface area contributed by atoms with Gasteiger partial charge in [0.05, 0.1) is 12.6 Å². The van der Waals surface area contributed by atoms with Crippen LogP contribution in [-0.2, 0) is 23.3 Å². The molecule has 2 fully saturated rings. The van der Waals surface area contributed by atoms with Crippen LogP contribution in [0, 0.1) is 12.8 Å². The summed E-state index contributed by atoms with van der Waals surface area (Å²) < 4.78 is 5.34. The van der Waals surface area contributed by atoms with E-state index in [1.54, 1.807) is 7.11 Å². The van der Waals surface area contributed by atoms with Gasteiger partial charge in [0.1, 0.15) is 23.7 Å². The number of fused-ring (bicyclic) bond motifs is 2. The molecule has 2 amide bonds. The second-order valence-electron chi connectivity index (χ2n) is 11.3.